The average Bonchev–Trinajstić information content (AvgIpc) is 3.22. The first-order valence-electron chi connectivity index (χ1n) is 12.4. The molecule has 3 aromatic carbocycles. The van der Waals surface area contributed by atoms with E-state index in [0.29, 0.717) is 35.2 Å². The molecule has 4 rings (SSSR count). The Hall–Kier alpha value is -3.15. The molecule has 1 aliphatic rings. The minimum absolute atomic E-state index is 0.0940. The highest BCUT2D eigenvalue weighted by atomic mass is 127. The number of rotatable bonds is 11. The predicted octanol–water partition coefficient (Wildman–Crippen LogP) is 5.62. The van der Waals surface area contributed by atoms with Crippen LogP contribution in [-0.4, -0.2) is 49.6 Å². The molecular weight excluding hydrogens is 633 g/mol. The Morgan fingerprint density at radius 3 is 2.46 bits per heavy atom. The van der Waals surface area contributed by atoms with Gasteiger partial charge in [0, 0.05) is 17.2 Å². The van der Waals surface area contributed by atoms with Crippen LogP contribution in [-0.2, 0) is 14.3 Å². The van der Waals surface area contributed by atoms with Crippen LogP contribution in [0.3, 0.4) is 0 Å². The SMILES string of the molecule is COCCOc1ccc([C@H]2NC(=O)N(C[C@H](C(=O)Nc3ccc(I)cc3Cl)[C@@H](C)c3ccccc3)C2=O)cc1. The third-order valence-corrected chi connectivity index (χ3v) is 7.61. The summed E-state index contributed by atoms with van der Waals surface area (Å²) in [4.78, 5) is 41.1. The van der Waals surface area contributed by atoms with E-state index >= 15 is 0 Å². The summed E-state index contributed by atoms with van der Waals surface area (Å²) in [7, 11) is 1.60. The molecule has 10 heteroatoms. The number of ether oxygens (including phenoxy) is 2. The standard InChI is InChI=1S/C29H29ClIN3O5/c1-18(19-6-4-3-5-7-19)23(27(35)32-25-13-10-21(31)16-24(25)30)17-34-28(36)26(33-29(34)37)20-8-11-22(12-9-20)39-15-14-38-2/h3-13,16,18,23,26H,14-15,17H2,1-2H3,(H,32,35)(H,33,37)/t18-,23-,26+/m0/s1. The fraction of sp³-hybridized carbons (Fsp3) is 0.276. The Bertz CT molecular complexity index is 1320. The van der Waals surface area contributed by atoms with Gasteiger partial charge in [0.1, 0.15) is 18.4 Å². The summed E-state index contributed by atoms with van der Waals surface area (Å²) in [5.74, 6) is -1.15. The van der Waals surface area contributed by atoms with Crippen LogP contribution in [0.25, 0.3) is 0 Å². The Morgan fingerprint density at radius 2 is 1.79 bits per heavy atom. The van der Waals surface area contributed by atoms with Gasteiger partial charge in [0.25, 0.3) is 5.91 Å². The van der Waals surface area contributed by atoms with Crippen molar-refractivity contribution < 1.29 is 23.9 Å². The van der Waals surface area contributed by atoms with Crippen LogP contribution in [0.5, 0.6) is 5.75 Å². The Kier molecular flexibility index (Phi) is 9.82. The third kappa shape index (κ3) is 7.09. The van der Waals surface area contributed by atoms with Crippen LogP contribution in [0.2, 0.25) is 5.02 Å². The van der Waals surface area contributed by atoms with Gasteiger partial charge in [0.05, 0.1) is 23.2 Å². The number of hydrogen-bond acceptors (Lipinski definition) is 5. The van der Waals surface area contributed by atoms with Crippen molar-refractivity contribution in [3.05, 3.63) is 92.5 Å². The lowest BCUT2D eigenvalue weighted by Gasteiger charge is -2.27. The van der Waals surface area contributed by atoms with Gasteiger partial charge in [-0.3, -0.25) is 14.5 Å². The van der Waals surface area contributed by atoms with Crippen LogP contribution in [0, 0.1) is 9.49 Å². The highest BCUT2D eigenvalue weighted by molar-refractivity contribution is 14.1. The number of methoxy groups -OCH3 is 1. The Balaban J connectivity index is 1.54. The summed E-state index contributed by atoms with van der Waals surface area (Å²) in [6, 6.07) is 20.4. The lowest BCUT2D eigenvalue weighted by Crippen LogP contribution is -2.41. The van der Waals surface area contributed by atoms with E-state index in [0.717, 1.165) is 14.0 Å². The van der Waals surface area contributed by atoms with Crippen molar-refractivity contribution in [2.45, 2.75) is 18.9 Å². The number of halogens is 2. The highest BCUT2D eigenvalue weighted by Gasteiger charge is 2.42. The molecule has 0 bridgehead atoms. The molecule has 1 saturated heterocycles. The summed E-state index contributed by atoms with van der Waals surface area (Å²) in [6.45, 7) is 2.68. The van der Waals surface area contributed by atoms with Gasteiger partial charge in [-0.2, -0.15) is 0 Å². The number of anilines is 1. The van der Waals surface area contributed by atoms with E-state index < -0.39 is 23.9 Å². The number of hydrogen-bond donors (Lipinski definition) is 2. The van der Waals surface area contributed by atoms with Gasteiger partial charge in [-0.1, -0.05) is 61.0 Å². The zero-order valence-electron chi connectivity index (χ0n) is 21.5. The molecule has 1 fully saturated rings. The third-order valence-electron chi connectivity index (χ3n) is 6.63. The molecule has 0 unspecified atom stereocenters. The lowest BCUT2D eigenvalue weighted by molar-refractivity contribution is -0.129. The molecule has 2 N–H and O–H groups in total. The van der Waals surface area contributed by atoms with Gasteiger partial charge in [-0.05, 0) is 70.0 Å². The Morgan fingerprint density at radius 1 is 1.08 bits per heavy atom. The highest BCUT2D eigenvalue weighted by Crippen LogP contribution is 2.31. The fourth-order valence-electron chi connectivity index (χ4n) is 4.39. The first kappa shape index (κ1) is 28.8. The number of imide groups is 1. The van der Waals surface area contributed by atoms with Crippen LogP contribution < -0.4 is 15.4 Å². The van der Waals surface area contributed by atoms with Gasteiger partial charge in [-0.25, -0.2) is 4.79 Å². The quantitative estimate of drug-likeness (QED) is 0.158. The number of nitrogens with zero attached hydrogens (tertiary/aromatic N) is 1. The van der Waals surface area contributed by atoms with E-state index in [1.165, 1.54) is 0 Å². The van der Waals surface area contributed by atoms with Crippen molar-refractivity contribution in [3.63, 3.8) is 0 Å². The van der Waals surface area contributed by atoms with Gasteiger partial charge in [0.2, 0.25) is 5.91 Å². The van der Waals surface area contributed by atoms with Gasteiger partial charge in [0.15, 0.2) is 0 Å². The number of urea groups is 1. The van der Waals surface area contributed by atoms with E-state index in [4.69, 9.17) is 21.1 Å². The predicted molar refractivity (Wildman–Crippen MR) is 158 cm³/mol. The molecule has 1 heterocycles. The average molecular weight is 662 g/mol. The molecule has 0 saturated carbocycles. The van der Waals surface area contributed by atoms with E-state index in [1.807, 2.05) is 43.3 Å². The van der Waals surface area contributed by atoms with E-state index in [2.05, 4.69) is 33.2 Å². The molecule has 0 aliphatic carbocycles. The number of benzene rings is 3. The number of nitrogens with one attached hydrogen (secondary N) is 2. The van der Waals surface area contributed by atoms with Gasteiger partial charge >= 0.3 is 6.03 Å². The summed E-state index contributed by atoms with van der Waals surface area (Å²) < 4.78 is 11.5. The molecular formula is C29H29ClIN3O5. The molecule has 4 amide bonds. The van der Waals surface area contributed by atoms with Crippen molar-refractivity contribution in [1.82, 2.24) is 10.2 Å². The summed E-state index contributed by atoms with van der Waals surface area (Å²) in [6.07, 6.45) is 0. The zero-order valence-corrected chi connectivity index (χ0v) is 24.4. The summed E-state index contributed by atoms with van der Waals surface area (Å²) in [5.41, 5.74) is 2.01. The molecule has 1 aliphatic heterocycles. The Labute approximate surface area is 246 Å². The molecule has 3 atom stereocenters. The van der Waals surface area contributed by atoms with Gasteiger partial charge in [-0.15, -0.1) is 0 Å². The molecule has 39 heavy (non-hydrogen) atoms. The first-order chi connectivity index (χ1) is 18.8. The summed E-state index contributed by atoms with van der Waals surface area (Å²) in [5, 5.41) is 6.06. The number of amides is 4. The van der Waals surface area contributed by atoms with Gasteiger partial charge < -0.3 is 20.1 Å². The van der Waals surface area contributed by atoms with E-state index in [-0.39, 0.29) is 18.4 Å². The maximum atomic E-state index is 13.6. The minimum Gasteiger partial charge on any atom is -0.491 e. The second-order valence-electron chi connectivity index (χ2n) is 9.16. The van der Waals surface area contributed by atoms with E-state index in [9.17, 15) is 14.4 Å². The maximum Gasteiger partial charge on any atom is 0.325 e. The topological polar surface area (TPSA) is 97.0 Å². The minimum atomic E-state index is -0.855. The smallest absolute Gasteiger partial charge is 0.325 e. The number of carbonyl (C=O) groups excluding carboxylic acids is 3. The van der Waals surface area contributed by atoms with Crippen molar-refractivity contribution in [2.75, 3.05) is 32.2 Å². The van der Waals surface area contributed by atoms with Crippen molar-refractivity contribution in [1.29, 1.82) is 0 Å². The normalized spacial score (nSPS) is 16.5. The van der Waals surface area contributed by atoms with Crippen molar-refractivity contribution >= 4 is 57.7 Å². The van der Waals surface area contributed by atoms with Crippen LogP contribution in [0.4, 0.5) is 10.5 Å². The first-order valence-corrected chi connectivity index (χ1v) is 13.9. The monoisotopic (exact) mass is 661 g/mol. The molecule has 0 spiro atoms. The second kappa shape index (κ2) is 13.3. The van der Waals surface area contributed by atoms with Crippen LogP contribution >= 0.6 is 34.2 Å². The fourth-order valence-corrected chi connectivity index (χ4v) is 5.29. The van der Waals surface area contributed by atoms with Crippen molar-refractivity contribution in [2.24, 2.45) is 5.92 Å². The molecule has 0 radical (unpaired) electrons. The van der Waals surface area contributed by atoms with Crippen molar-refractivity contribution in [3.8, 4) is 5.75 Å². The zero-order chi connectivity index (χ0) is 27.9. The summed E-state index contributed by atoms with van der Waals surface area (Å²) >= 11 is 8.50. The van der Waals surface area contributed by atoms with E-state index in [1.54, 1.807) is 43.5 Å². The van der Waals surface area contributed by atoms with Crippen LogP contribution in [0.1, 0.15) is 30.0 Å². The molecule has 0 aromatic heterocycles. The maximum absolute atomic E-state index is 13.6. The number of carbonyl (C=O) groups is 3. The molecule has 204 valence electrons. The lowest BCUT2D eigenvalue weighted by atomic mass is 9.86. The molecule has 3 aromatic rings. The largest absolute Gasteiger partial charge is 0.491 e. The second-order valence-corrected chi connectivity index (χ2v) is 10.8. The van der Waals surface area contributed by atoms with Crippen LogP contribution in [0.15, 0.2) is 72.8 Å². The molecule has 8 nitrogen and oxygen atoms in total.